The average Bonchev–Trinajstić information content (AvgIpc) is 2.68. The molecule has 1 amide bonds. The molecule has 0 saturated heterocycles. The van der Waals surface area contributed by atoms with Crippen LogP contribution >= 0.6 is 12.2 Å². The van der Waals surface area contributed by atoms with Crippen molar-refractivity contribution in [2.75, 3.05) is 13.1 Å². The van der Waals surface area contributed by atoms with Gasteiger partial charge in [0.2, 0.25) is 0 Å². The quantitative estimate of drug-likeness (QED) is 0.686. The fourth-order valence-corrected chi connectivity index (χ4v) is 2.94. The summed E-state index contributed by atoms with van der Waals surface area (Å²) in [6, 6.07) is 19.3. The van der Waals surface area contributed by atoms with Gasteiger partial charge in [-0.05, 0) is 50.2 Å². The number of benzene rings is 2. The summed E-state index contributed by atoms with van der Waals surface area (Å²) < 4.78 is 5.72. The lowest BCUT2D eigenvalue weighted by atomic mass is 10.1. The number of hydrogen-bond donors (Lipinski definition) is 1. The third-order valence-electron chi connectivity index (χ3n) is 4.01. The predicted octanol–water partition coefficient (Wildman–Crippen LogP) is 3.95. The molecule has 2 rings (SSSR count). The molecule has 0 radical (unpaired) electrons. The lowest BCUT2D eigenvalue weighted by Gasteiger charge is -2.25. The number of nitriles is 1. The van der Waals surface area contributed by atoms with Crippen molar-refractivity contribution in [2.24, 2.45) is 0 Å². The van der Waals surface area contributed by atoms with Gasteiger partial charge in [-0.15, -0.1) is 0 Å². The molecule has 0 aromatic heterocycles. The number of nitrogens with one attached hydrogen (secondary N) is 1. The molecule has 0 spiro atoms. The molecule has 0 aliphatic rings. The summed E-state index contributed by atoms with van der Waals surface area (Å²) in [7, 11) is 0. The summed E-state index contributed by atoms with van der Waals surface area (Å²) in [6.45, 7) is 4.90. The molecule has 5 nitrogen and oxygen atoms in total. The molecular formula is C22H25N3O2S. The number of carbonyl (C=O) groups excluding carboxylic acids is 1. The topological polar surface area (TPSA) is 65.4 Å². The van der Waals surface area contributed by atoms with Crippen molar-refractivity contribution in [2.45, 2.75) is 32.8 Å². The van der Waals surface area contributed by atoms with E-state index in [1.54, 1.807) is 18.2 Å². The maximum atomic E-state index is 12.7. The smallest absolute Gasteiger partial charge is 0.261 e. The van der Waals surface area contributed by atoms with Gasteiger partial charge in [-0.2, -0.15) is 5.26 Å². The highest BCUT2D eigenvalue weighted by atomic mass is 32.1. The van der Waals surface area contributed by atoms with Crippen molar-refractivity contribution >= 4 is 23.2 Å². The van der Waals surface area contributed by atoms with Gasteiger partial charge in [-0.1, -0.05) is 42.5 Å². The second kappa shape index (κ2) is 11.1. The normalized spacial score (nSPS) is 10.2. The van der Waals surface area contributed by atoms with Crippen LogP contribution in [0.3, 0.4) is 0 Å². The van der Waals surface area contributed by atoms with Crippen molar-refractivity contribution < 1.29 is 9.53 Å². The summed E-state index contributed by atoms with van der Waals surface area (Å²) in [6.07, 6.45) is 1.06. The molecule has 1 N–H and O–H groups in total. The van der Waals surface area contributed by atoms with E-state index in [2.05, 4.69) is 11.4 Å². The molecule has 0 atom stereocenters. The highest BCUT2D eigenvalue weighted by molar-refractivity contribution is 7.80. The summed E-state index contributed by atoms with van der Waals surface area (Å²) in [5.74, 6) is 0.202. The molecule has 0 fully saturated rings. The minimum absolute atomic E-state index is 0.0427. The van der Waals surface area contributed by atoms with Crippen LogP contribution < -0.4 is 10.1 Å². The van der Waals surface area contributed by atoms with Crippen LogP contribution in [-0.4, -0.2) is 35.1 Å². The third-order valence-corrected chi connectivity index (χ3v) is 4.37. The van der Waals surface area contributed by atoms with Crippen LogP contribution in [0.1, 0.15) is 36.2 Å². The van der Waals surface area contributed by atoms with Crippen LogP contribution in [0.25, 0.3) is 0 Å². The van der Waals surface area contributed by atoms with Crippen LogP contribution in [0.15, 0.2) is 54.6 Å². The summed E-state index contributed by atoms with van der Waals surface area (Å²) in [5, 5.41) is 12.0. The fourth-order valence-electron chi connectivity index (χ4n) is 2.66. The van der Waals surface area contributed by atoms with Crippen molar-refractivity contribution in [3.63, 3.8) is 0 Å². The standard InChI is InChI=1S/C22H25N3O2S/c1-17(2)27-20-12-7-6-11-19(20)21(26)24-22(28)25(15-8-14-23)16-13-18-9-4-3-5-10-18/h3-7,9-12,17H,8,13,15-16H2,1-2H3,(H,24,26,28). The molecular weight excluding hydrogens is 370 g/mol. The van der Waals surface area contributed by atoms with Crippen LogP contribution in [-0.2, 0) is 6.42 Å². The Morgan fingerprint density at radius 1 is 1.14 bits per heavy atom. The number of hydrogen-bond acceptors (Lipinski definition) is 4. The highest BCUT2D eigenvalue weighted by Crippen LogP contribution is 2.19. The van der Waals surface area contributed by atoms with E-state index in [4.69, 9.17) is 22.2 Å². The van der Waals surface area contributed by atoms with Crippen LogP contribution in [0, 0.1) is 11.3 Å². The Bertz CT molecular complexity index is 831. The van der Waals surface area contributed by atoms with Crippen molar-refractivity contribution in [1.82, 2.24) is 10.2 Å². The number of nitrogens with zero attached hydrogens (tertiary/aromatic N) is 2. The van der Waals surface area contributed by atoms with Crippen molar-refractivity contribution in [3.05, 3.63) is 65.7 Å². The largest absolute Gasteiger partial charge is 0.490 e. The van der Waals surface area contributed by atoms with Gasteiger partial charge in [0, 0.05) is 13.1 Å². The molecule has 0 aliphatic carbocycles. The first-order chi connectivity index (χ1) is 13.5. The van der Waals surface area contributed by atoms with Gasteiger partial charge in [-0.25, -0.2) is 0 Å². The zero-order valence-electron chi connectivity index (χ0n) is 16.2. The molecule has 6 heteroatoms. The maximum Gasteiger partial charge on any atom is 0.261 e. The Kier molecular flexibility index (Phi) is 8.44. The molecule has 2 aromatic rings. The Balaban J connectivity index is 2.05. The number of ether oxygens (including phenoxy) is 1. The number of thiocarbonyl (C=S) groups is 1. The first-order valence-electron chi connectivity index (χ1n) is 9.28. The van der Waals surface area contributed by atoms with Gasteiger partial charge in [0.15, 0.2) is 5.11 Å². The Morgan fingerprint density at radius 2 is 1.82 bits per heavy atom. The second-order valence-electron chi connectivity index (χ2n) is 6.55. The number of para-hydroxylation sites is 1. The first kappa shape index (κ1) is 21.4. The molecule has 2 aromatic carbocycles. The summed E-state index contributed by atoms with van der Waals surface area (Å²) in [4.78, 5) is 14.6. The molecule has 0 aliphatic heterocycles. The van der Waals surface area contributed by atoms with Gasteiger partial charge >= 0.3 is 0 Å². The minimum atomic E-state index is -0.317. The SMILES string of the molecule is CC(C)Oc1ccccc1C(=O)NC(=S)N(CCC#N)CCc1ccccc1. The molecule has 0 saturated carbocycles. The van der Waals surface area contributed by atoms with E-state index in [0.717, 1.165) is 6.42 Å². The highest BCUT2D eigenvalue weighted by Gasteiger charge is 2.17. The van der Waals surface area contributed by atoms with E-state index in [0.29, 0.717) is 35.9 Å². The van der Waals surface area contributed by atoms with Crippen LogP contribution in [0.5, 0.6) is 5.75 Å². The number of amides is 1. The molecule has 0 bridgehead atoms. The molecule has 0 heterocycles. The van der Waals surface area contributed by atoms with E-state index in [1.165, 1.54) is 5.56 Å². The second-order valence-corrected chi connectivity index (χ2v) is 6.94. The van der Waals surface area contributed by atoms with Gasteiger partial charge < -0.3 is 9.64 Å². The van der Waals surface area contributed by atoms with E-state index in [-0.39, 0.29) is 12.0 Å². The third kappa shape index (κ3) is 6.67. The van der Waals surface area contributed by atoms with Gasteiger partial charge in [0.1, 0.15) is 5.75 Å². The molecule has 146 valence electrons. The van der Waals surface area contributed by atoms with E-state index in [1.807, 2.05) is 55.1 Å². The summed E-state index contributed by atoms with van der Waals surface area (Å²) in [5.41, 5.74) is 1.61. The van der Waals surface area contributed by atoms with Crippen LogP contribution in [0.2, 0.25) is 0 Å². The lowest BCUT2D eigenvalue weighted by Crippen LogP contribution is -2.44. The summed E-state index contributed by atoms with van der Waals surface area (Å²) >= 11 is 5.46. The van der Waals surface area contributed by atoms with Crippen molar-refractivity contribution in [1.29, 1.82) is 5.26 Å². The monoisotopic (exact) mass is 395 g/mol. The van der Waals surface area contributed by atoms with Gasteiger partial charge in [0.25, 0.3) is 5.91 Å². The van der Waals surface area contributed by atoms with Crippen LogP contribution in [0.4, 0.5) is 0 Å². The molecule has 0 unspecified atom stereocenters. The zero-order chi connectivity index (χ0) is 20.4. The van der Waals surface area contributed by atoms with Gasteiger partial charge in [0.05, 0.1) is 24.2 Å². The minimum Gasteiger partial charge on any atom is -0.490 e. The number of rotatable bonds is 8. The Morgan fingerprint density at radius 3 is 2.50 bits per heavy atom. The number of carbonyl (C=O) groups is 1. The molecule has 28 heavy (non-hydrogen) atoms. The maximum absolute atomic E-state index is 12.7. The fraction of sp³-hybridized carbons (Fsp3) is 0.318. The zero-order valence-corrected chi connectivity index (χ0v) is 17.0. The Labute approximate surface area is 171 Å². The van der Waals surface area contributed by atoms with E-state index in [9.17, 15) is 4.79 Å². The van der Waals surface area contributed by atoms with Crippen molar-refractivity contribution in [3.8, 4) is 11.8 Å². The van der Waals surface area contributed by atoms with E-state index < -0.39 is 0 Å². The Hall–Kier alpha value is -2.91. The first-order valence-corrected chi connectivity index (χ1v) is 9.69. The lowest BCUT2D eigenvalue weighted by molar-refractivity contribution is 0.0967. The van der Waals surface area contributed by atoms with E-state index >= 15 is 0 Å². The predicted molar refractivity (Wildman–Crippen MR) is 114 cm³/mol. The average molecular weight is 396 g/mol. The van der Waals surface area contributed by atoms with Gasteiger partial charge in [-0.3, -0.25) is 10.1 Å².